The van der Waals surface area contributed by atoms with Gasteiger partial charge in [-0.1, -0.05) is 13.3 Å². The first-order valence-electron chi connectivity index (χ1n) is 11.4. The van der Waals surface area contributed by atoms with E-state index in [1.165, 1.54) is 0 Å². The van der Waals surface area contributed by atoms with Crippen molar-refractivity contribution in [2.45, 2.75) is 57.5 Å². The molecule has 6 nitrogen and oxygen atoms in total. The number of hydrogen-bond donors (Lipinski definition) is 0. The van der Waals surface area contributed by atoms with Gasteiger partial charge in [0.2, 0.25) is 0 Å². The summed E-state index contributed by atoms with van der Waals surface area (Å²) in [5.41, 5.74) is 0.942. The van der Waals surface area contributed by atoms with Crippen LogP contribution < -0.4 is 10.4 Å². The van der Waals surface area contributed by atoms with Crippen LogP contribution in [0.2, 0.25) is 0 Å². The minimum absolute atomic E-state index is 0.0547. The number of unbranched alkanes of at least 4 members (excludes halogenated alkanes) is 1. The molecule has 0 atom stereocenters. The van der Waals surface area contributed by atoms with Crippen molar-refractivity contribution in [3.63, 3.8) is 0 Å². The van der Waals surface area contributed by atoms with Gasteiger partial charge in [0, 0.05) is 37.6 Å². The third kappa shape index (κ3) is 5.76. The van der Waals surface area contributed by atoms with Crippen LogP contribution in [0.3, 0.4) is 0 Å². The van der Waals surface area contributed by atoms with Crippen molar-refractivity contribution >= 4 is 0 Å². The fourth-order valence-corrected chi connectivity index (χ4v) is 4.22. The lowest BCUT2D eigenvalue weighted by molar-refractivity contribution is 0.155. The summed E-state index contributed by atoms with van der Waals surface area (Å²) in [6.07, 6.45) is 10.4. The number of benzene rings is 1. The molecule has 0 aliphatic heterocycles. The summed E-state index contributed by atoms with van der Waals surface area (Å²) in [4.78, 5) is 17.7. The Morgan fingerprint density at radius 1 is 1.00 bits per heavy atom. The van der Waals surface area contributed by atoms with Gasteiger partial charge in [-0.2, -0.15) is 0 Å². The van der Waals surface area contributed by atoms with Crippen LogP contribution in [0.25, 0.3) is 5.69 Å². The minimum atomic E-state index is 0.0547. The Morgan fingerprint density at radius 2 is 1.70 bits per heavy atom. The van der Waals surface area contributed by atoms with Gasteiger partial charge in [0.25, 0.3) is 0 Å². The zero-order valence-electron chi connectivity index (χ0n) is 19.1. The zero-order chi connectivity index (χ0) is 21.5. The molecule has 30 heavy (non-hydrogen) atoms. The van der Waals surface area contributed by atoms with E-state index >= 15 is 0 Å². The van der Waals surface area contributed by atoms with Gasteiger partial charge < -0.3 is 14.5 Å². The molecule has 0 radical (unpaired) electrons. The predicted octanol–water partition coefficient (Wildman–Crippen LogP) is 3.80. The molecule has 0 spiro atoms. The highest BCUT2D eigenvalue weighted by Crippen LogP contribution is 2.30. The van der Waals surface area contributed by atoms with E-state index in [0.717, 1.165) is 69.7 Å². The van der Waals surface area contributed by atoms with Crippen LogP contribution in [0.1, 0.15) is 51.5 Å². The number of hydrogen-bond acceptors (Lipinski definition) is 4. The predicted molar refractivity (Wildman–Crippen MR) is 123 cm³/mol. The van der Waals surface area contributed by atoms with Crippen LogP contribution in [0.15, 0.2) is 41.5 Å². The SMILES string of the molecule is CCCCOc1ccc(-n2ccn(C3CCC(N(C)CCN(C)C)CC3)c2=O)cc1. The number of aromatic nitrogens is 2. The second-order valence-corrected chi connectivity index (χ2v) is 8.80. The summed E-state index contributed by atoms with van der Waals surface area (Å²) in [5, 5.41) is 0. The lowest BCUT2D eigenvalue weighted by Gasteiger charge is -2.35. The third-order valence-electron chi connectivity index (χ3n) is 6.27. The highest BCUT2D eigenvalue weighted by molar-refractivity contribution is 5.37. The maximum atomic E-state index is 13.0. The molecule has 6 heteroatoms. The average molecular weight is 415 g/mol. The van der Waals surface area contributed by atoms with Crippen LogP contribution in [0.4, 0.5) is 0 Å². The van der Waals surface area contributed by atoms with Gasteiger partial charge in [0.1, 0.15) is 5.75 Å². The Morgan fingerprint density at radius 3 is 2.33 bits per heavy atom. The van der Waals surface area contributed by atoms with Gasteiger partial charge in [-0.05, 0) is 77.5 Å². The second kappa shape index (κ2) is 10.8. The Bertz CT molecular complexity index is 816. The van der Waals surface area contributed by atoms with Crippen molar-refractivity contribution < 1.29 is 4.74 Å². The van der Waals surface area contributed by atoms with Crippen molar-refractivity contribution in [1.82, 2.24) is 18.9 Å². The molecule has 2 aromatic rings. The van der Waals surface area contributed by atoms with E-state index in [2.05, 4.69) is 37.9 Å². The second-order valence-electron chi connectivity index (χ2n) is 8.80. The van der Waals surface area contributed by atoms with Crippen molar-refractivity contribution in [2.75, 3.05) is 40.8 Å². The number of rotatable bonds is 10. The van der Waals surface area contributed by atoms with E-state index < -0.39 is 0 Å². The summed E-state index contributed by atoms with van der Waals surface area (Å²) >= 11 is 0. The van der Waals surface area contributed by atoms with Gasteiger partial charge in [0.15, 0.2) is 0 Å². The molecule has 0 amide bonds. The lowest BCUT2D eigenvalue weighted by Crippen LogP contribution is -2.40. The van der Waals surface area contributed by atoms with Crippen LogP contribution in [0, 0.1) is 0 Å². The largest absolute Gasteiger partial charge is 0.494 e. The standard InChI is InChI=1S/C24H38N4O2/c1-5-6-19-30-23-13-11-22(12-14-23)28-18-17-27(24(28)29)21-9-7-20(8-10-21)26(4)16-15-25(2)3/h11-14,17-18,20-21H,5-10,15-16,19H2,1-4H3. The molecule has 0 saturated heterocycles. The van der Waals surface area contributed by atoms with Gasteiger partial charge in [-0.3, -0.25) is 9.13 Å². The van der Waals surface area contributed by atoms with Crippen molar-refractivity contribution in [3.8, 4) is 11.4 Å². The molecule has 1 aromatic heterocycles. The molecule has 1 aromatic carbocycles. The highest BCUT2D eigenvalue weighted by atomic mass is 16.5. The fraction of sp³-hybridized carbons (Fsp3) is 0.625. The molecule has 1 fully saturated rings. The number of imidazole rings is 1. The van der Waals surface area contributed by atoms with Gasteiger partial charge >= 0.3 is 5.69 Å². The van der Waals surface area contributed by atoms with Crippen LogP contribution >= 0.6 is 0 Å². The zero-order valence-corrected chi connectivity index (χ0v) is 19.1. The minimum Gasteiger partial charge on any atom is -0.494 e. The van der Waals surface area contributed by atoms with E-state index in [9.17, 15) is 4.79 Å². The summed E-state index contributed by atoms with van der Waals surface area (Å²) < 4.78 is 9.40. The molecule has 0 bridgehead atoms. The smallest absolute Gasteiger partial charge is 0.332 e. The molecular weight excluding hydrogens is 376 g/mol. The summed E-state index contributed by atoms with van der Waals surface area (Å²) in [6, 6.07) is 8.74. The van der Waals surface area contributed by atoms with E-state index in [4.69, 9.17) is 4.74 Å². The number of likely N-dealkylation sites (N-methyl/N-ethyl adjacent to an activating group) is 2. The Kier molecular flexibility index (Phi) is 8.16. The Balaban J connectivity index is 1.59. The summed E-state index contributed by atoms with van der Waals surface area (Å²) in [5.74, 6) is 0.858. The molecule has 166 valence electrons. The van der Waals surface area contributed by atoms with Gasteiger partial charge in [0.05, 0.1) is 12.3 Å². The molecule has 0 N–H and O–H groups in total. The maximum Gasteiger partial charge on any atom is 0.332 e. The topological polar surface area (TPSA) is 42.6 Å². The van der Waals surface area contributed by atoms with Crippen molar-refractivity contribution in [1.29, 1.82) is 0 Å². The first-order valence-corrected chi connectivity index (χ1v) is 11.4. The number of ether oxygens (including phenoxy) is 1. The summed E-state index contributed by atoms with van der Waals surface area (Å²) in [7, 11) is 6.47. The third-order valence-corrected chi connectivity index (χ3v) is 6.27. The normalized spacial score (nSPS) is 19.5. The monoisotopic (exact) mass is 414 g/mol. The van der Waals surface area contributed by atoms with E-state index in [1.54, 1.807) is 4.57 Å². The lowest BCUT2D eigenvalue weighted by atomic mass is 9.90. The molecule has 1 saturated carbocycles. The van der Waals surface area contributed by atoms with E-state index in [0.29, 0.717) is 12.1 Å². The molecule has 1 aliphatic carbocycles. The first-order chi connectivity index (χ1) is 14.5. The van der Waals surface area contributed by atoms with Crippen molar-refractivity contribution in [3.05, 3.63) is 47.1 Å². The quantitative estimate of drug-likeness (QED) is 0.555. The first kappa shape index (κ1) is 22.6. The molecule has 3 rings (SSSR count). The van der Waals surface area contributed by atoms with Crippen LogP contribution in [-0.2, 0) is 0 Å². The van der Waals surface area contributed by atoms with Gasteiger partial charge in [-0.25, -0.2) is 4.79 Å². The molecule has 1 heterocycles. The summed E-state index contributed by atoms with van der Waals surface area (Å²) in [6.45, 7) is 5.07. The van der Waals surface area contributed by atoms with Gasteiger partial charge in [-0.15, -0.1) is 0 Å². The van der Waals surface area contributed by atoms with E-state index in [-0.39, 0.29) is 5.69 Å². The maximum absolute atomic E-state index is 13.0. The van der Waals surface area contributed by atoms with Crippen molar-refractivity contribution in [2.24, 2.45) is 0 Å². The van der Waals surface area contributed by atoms with Crippen LogP contribution in [-0.4, -0.2) is 65.8 Å². The number of nitrogens with zero attached hydrogens (tertiary/aromatic N) is 4. The Labute approximate surface area is 181 Å². The van der Waals surface area contributed by atoms with E-state index in [1.807, 2.05) is 41.2 Å². The average Bonchev–Trinajstić information content (AvgIpc) is 3.14. The molecular formula is C24H38N4O2. The van der Waals surface area contributed by atoms with Crippen LogP contribution in [0.5, 0.6) is 5.75 Å². The Hall–Kier alpha value is -2.05. The molecule has 0 unspecified atom stereocenters. The highest BCUT2D eigenvalue weighted by Gasteiger charge is 2.26. The molecule has 1 aliphatic rings. The fourth-order valence-electron chi connectivity index (χ4n) is 4.22.